The highest BCUT2D eigenvalue weighted by Gasteiger charge is 2.23. The van der Waals surface area contributed by atoms with Gasteiger partial charge in [-0.3, -0.25) is 4.79 Å². The lowest BCUT2D eigenvalue weighted by atomic mass is 9.97. The first-order valence-corrected chi connectivity index (χ1v) is 9.02. The smallest absolute Gasteiger partial charge is 0.341 e. The van der Waals surface area contributed by atoms with Crippen LogP contribution in [0.15, 0.2) is 23.6 Å². The number of thiophene rings is 1. The Kier molecular flexibility index (Phi) is 6.15. The molecule has 0 radical (unpaired) electrons. The molecule has 2 rings (SSSR count). The second kappa shape index (κ2) is 8.11. The van der Waals surface area contributed by atoms with E-state index in [0.717, 1.165) is 23.1 Å². The lowest BCUT2D eigenvalue weighted by molar-refractivity contribution is -0.116. The molecule has 0 unspecified atom stereocenters. The van der Waals surface area contributed by atoms with Crippen LogP contribution in [0.3, 0.4) is 0 Å². The van der Waals surface area contributed by atoms with E-state index in [-0.39, 0.29) is 5.91 Å². The number of aryl methyl sites for hydroxylation is 2. The number of amides is 1. The van der Waals surface area contributed by atoms with E-state index in [1.54, 1.807) is 6.92 Å². The molecule has 1 aromatic carbocycles. The zero-order valence-electron chi connectivity index (χ0n) is 14.6. The summed E-state index contributed by atoms with van der Waals surface area (Å²) in [7, 11) is 0. The highest BCUT2D eigenvalue weighted by molar-refractivity contribution is 7.15. The molecule has 0 saturated heterocycles. The molecule has 1 heterocycles. The SMILES string of the molecule is CCCC(=O)Nc1scc(-c2ccc(C)cc2C)c1C(=O)OCC. The summed E-state index contributed by atoms with van der Waals surface area (Å²) >= 11 is 1.36. The molecule has 1 aromatic heterocycles. The number of rotatable bonds is 6. The molecule has 0 aliphatic heterocycles. The van der Waals surface area contributed by atoms with Crippen LogP contribution >= 0.6 is 11.3 Å². The topological polar surface area (TPSA) is 55.4 Å². The number of nitrogens with one attached hydrogen (secondary N) is 1. The van der Waals surface area contributed by atoms with Crippen molar-refractivity contribution in [1.82, 2.24) is 0 Å². The van der Waals surface area contributed by atoms with Crippen molar-refractivity contribution in [2.24, 2.45) is 0 Å². The Hall–Kier alpha value is -2.14. The van der Waals surface area contributed by atoms with E-state index in [0.29, 0.717) is 23.6 Å². The van der Waals surface area contributed by atoms with E-state index < -0.39 is 5.97 Å². The van der Waals surface area contributed by atoms with Gasteiger partial charge in [-0.15, -0.1) is 11.3 Å². The van der Waals surface area contributed by atoms with Gasteiger partial charge in [-0.25, -0.2) is 4.79 Å². The van der Waals surface area contributed by atoms with Crippen molar-refractivity contribution in [3.63, 3.8) is 0 Å². The zero-order valence-corrected chi connectivity index (χ0v) is 15.4. The van der Waals surface area contributed by atoms with Crippen molar-refractivity contribution in [2.45, 2.75) is 40.5 Å². The number of anilines is 1. The van der Waals surface area contributed by atoms with Gasteiger partial charge in [0.15, 0.2) is 0 Å². The van der Waals surface area contributed by atoms with Crippen molar-refractivity contribution < 1.29 is 14.3 Å². The summed E-state index contributed by atoms with van der Waals surface area (Å²) < 4.78 is 5.21. The number of hydrogen-bond donors (Lipinski definition) is 1. The van der Waals surface area contributed by atoms with Gasteiger partial charge < -0.3 is 10.1 Å². The summed E-state index contributed by atoms with van der Waals surface area (Å²) in [6, 6.07) is 6.11. The van der Waals surface area contributed by atoms with Gasteiger partial charge in [0.25, 0.3) is 0 Å². The summed E-state index contributed by atoms with van der Waals surface area (Å²) in [5.41, 5.74) is 4.49. The van der Waals surface area contributed by atoms with Crippen LogP contribution in [-0.2, 0) is 9.53 Å². The minimum absolute atomic E-state index is 0.0860. The molecule has 0 atom stereocenters. The molecule has 24 heavy (non-hydrogen) atoms. The second-order valence-corrected chi connectivity index (χ2v) is 6.57. The first-order valence-electron chi connectivity index (χ1n) is 8.14. The van der Waals surface area contributed by atoms with Crippen LogP contribution in [0.5, 0.6) is 0 Å². The Morgan fingerprint density at radius 2 is 1.92 bits per heavy atom. The minimum atomic E-state index is -0.402. The summed E-state index contributed by atoms with van der Waals surface area (Å²) in [6.07, 6.45) is 1.19. The molecule has 5 heteroatoms. The molecule has 0 saturated carbocycles. The molecule has 0 spiro atoms. The minimum Gasteiger partial charge on any atom is -0.462 e. The summed E-state index contributed by atoms with van der Waals surface area (Å²) in [4.78, 5) is 24.4. The van der Waals surface area contributed by atoms with Crippen LogP contribution in [0.1, 0.15) is 48.2 Å². The van der Waals surface area contributed by atoms with Gasteiger partial charge in [0.05, 0.1) is 6.61 Å². The van der Waals surface area contributed by atoms with E-state index in [9.17, 15) is 9.59 Å². The van der Waals surface area contributed by atoms with Crippen molar-refractivity contribution in [3.05, 3.63) is 40.3 Å². The van der Waals surface area contributed by atoms with Crippen LogP contribution in [0.4, 0.5) is 5.00 Å². The van der Waals surface area contributed by atoms with Crippen LogP contribution in [0, 0.1) is 13.8 Å². The predicted molar refractivity (Wildman–Crippen MR) is 98.7 cm³/mol. The molecule has 4 nitrogen and oxygen atoms in total. The van der Waals surface area contributed by atoms with Crippen molar-refractivity contribution >= 4 is 28.2 Å². The third-order valence-electron chi connectivity index (χ3n) is 3.67. The Morgan fingerprint density at radius 3 is 2.54 bits per heavy atom. The van der Waals surface area contributed by atoms with Gasteiger partial charge in [0.2, 0.25) is 5.91 Å². The van der Waals surface area contributed by atoms with Crippen molar-refractivity contribution in [2.75, 3.05) is 11.9 Å². The summed E-state index contributed by atoms with van der Waals surface area (Å²) in [5.74, 6) is -0.488. The maximum atomic E-state index is 12.5. The number of carbonyl (C=O) groups is 2. The molecule has 128 valence electrons. The first-order chi connectivity index (χ1) is 11.5. The average molecular weight is 345 g/mol. The summed E-state index contributed by atoms with van der Waals surface area (Å²) in [5, 5.41) is 5.32. The lowest BCUT2D eigenvalue weighted by Crippen LogP contribution is -2.14. The average Bonchev–Trinajstić information content (AvgIpc) is 2.91. The van der Waals surface area contributed by atoms with Crippen LogP contribution in [0.2, 0.25) is 0 Å². The van der Waals surface area contributed by atoms with Gasteiger partial charge in [0, 0.05) is 17.4 Å². The Bertz CT molecular complexity index is 749. The standard InChI is InChI=1S/C19H23NO3S/c1-5-7-16(21)20-18-17(19(22)23-6-2)15(11-24-18)14-9-8-12(3)10-13(14)4/h8-11H,5-7H2,1-4H3,(H,20,21). The van der Waals surface area contributed by atoms with Crippen molar-refractivity contribution in [3.8, 4) is 11.1 Å². The fourth-order valence-electron chi connectivity index (χ4n) is 2.59. The van der Waals surface area contributed by atoms with Gasteiger partial charge >= 0.3 is 5.97 Å². The fraction of sp³-hybridized carbons (Fsp3) is 0.368. The Morgan fingerprint density at radius 1 is 1.17 bits per heavy atom. The van der Waals surface area contributed by atoms with Crippen molar-refractivity contribution in [1.29, 1.82) is 0 Å². The van der Waals surface area contributed by atoms with Crippen LogP contribution in [0.25, 0.3) is 11.1 Å². The number of esters is 1. The largest absolute Gasteiger partial charge is 0.462 e. The molecule has 0 fully saturated rings. The van der Waals surface area contributed by atoms with Gasteiger partial charge in [-0.1, -0.05) is 30.7 Å². The Balaban J connectivity index is 2.49. The van der Waals surface area contributed by atoms with E-state index in [2.05, 4.69) is 11.4 Å². The molecule has 1 amide bonds. The molecular weight excluding hydrogens is 322 g/mol. The highest BCUT2D eigenvalue weighted by Crippen LogP contribution is 2.38. The lowest BCUT2D eigenvalue weighted by Gasteiger charge is -2.10. The van der Waals surface area contributed by atoms with Gasteiger partial charge in [-0.05, 0) is 38.3 Å². The third-order valence-corrected chi connectivity index (χ3v) is 4.57. The van der Waals surface area contributed by atoms with E-state index >= 15 is 0 Å². The number of ether oxygens (including phenoxy) is 1. The second-order valence-electron chi connectivity index (χ2n) is 5.69. The summed E-state index contributed by atoms with van der Waals surface area (Å²) in [6.45, 7) is 8.07. The third kappa shape index (κ3) is 4.03. The molecule has 0 aliphatic rings. The van der Waals surface area contributed by atoms with Gasteiger partial charge in [-0.2, -0.15) is 0 Å². The highest BCUT2D eigenvalue weighted by atomic mass is 32.1. The van der Waals surface area contributed by atoms with E-state index in [4.69, 9.17) is 4.74 Å². The zero-order chi connectivity index (χ0) is 17.7. The normalized spacial score (nSPS) is 10.5. The quantitative estimate of drug-likeness (QED) is 0.754. The number of hydrogen-bond acceptors (Lipinski definition) is 4. The molecule has 2 aromatic rings. The Labute approximate surface area is 146 Å². The number of carbonyl (C=O) groups excluding carboxylic acids is 2. The van der Waals surface area contributed by atoms with Crippen LogP contribution < -0.4 is 5.32 Å². The van der Waals surface area contributed by atoms with Gasteiger partial charge in [0.1, 0.15) is 10.6 Å². The maximum Gasteiger partial charge on any atom is 0.341 e. The predicted octanol–water partition coefficient (Wildman–Crippen LogP) is 4.95. The van der Waals surface area contributed by atoms with Crippen LogP contribution in [-0.4, -0.2) is 18.5 Å². The monoisotopic (exact) mass is 345 g/mol. The molecule has 0 bridgehead atoms. The molecule has 1 N–H and O–H groups in total. The van der Waals surface area contributed by atoms with E-state index in [1.807, 2.05) is 38.3 Å². The maximum absolute atomic E-state index is 12.5. The number of benzene rings is 1. The molecule has 0 aliphatic carbocycles. The molecular formula is C19H23NO3S. The fourth-order valence-corrected chi connectivity index (χ4v) is 3.55. The van der Waals surface area contributed by atoms with E-state index in [1.165, 1.54) is 16.9 Å². The first kappa shape index (κ1) is 18.2.